The number of rotatable bonds is 9. The van der Waals surface area contributed by atoms with Crippen LogP contribution in [-0.2, 0) is 37.2 Å². The molecule has 0 aliphatic carbocycles. The Labute approximate surface area is 241 Å². The number of nitrogens with zero attached hydrogens (tertiary/aromatic N) is 3. The number of anilines is 1. The number of nitrogens with one attached hydrogen (secondary N) is 2. The Morgan fingerprint density at radius 3 is 2.83 bits per heavy atom. The molecule has 2 aliphatic heterocycles. The van der Waals surface area contributed by atoms with Crippen molar-refractivity contribution < 1.29 is 46.7 Å². The molecule has 3 unspecified atom stereocenters. The predicted molar refractivity (Wildman–Crippen MR) is 142 cm³/mol. The van der Waals surface area contributed by atoms with E-state index in [4.69, 9.17) is 28.8 Å². The highest BCUT2D eigenvalue weighted by atomic mass is 79.9. The van der Waals surface area contributed by atoms with Crippen LogP contribution < -0.4 is 16.6 Å². The molecule has 0 saturated carbocycles. The average Bonchev–Trinajstić information content (AvgIpc) is 3.37. The van der Waals surface area contributed by atoms with Gasteiger partial charge in [-0.2, -0.15) is 4.98 Å². The van der Waals surface area contributed by atoms with Crippen molar-refractivity contribution in [3.05, 3.63) is 16.7 Å². The lowest BCUT2D eigenvalue weighted by atomic mass is 9.87. The van der Waals surface area contributed by atoms with Gasteiger partial charge in [-0.15, -0.1) is 0 Å². The van der Waals surface area contributed by atoms with Crippen LogP contribution in [0.3, 0.4) is 0 Å². The van der Waals surface area contributed by atoms with Crippen molar-refractivity contribution in [2.75, 3.05) is 25.5 Å². The second kappa shape index (κ2) is 11.7. The highest BCUT2D eigenvalue weighted by Crippen LogP contribution is 2.58. The number of nitrogen functional groups attached to an aromatic ring is 1. The number of carbonyl (C=O) groups is 2. The molecule has 4 rings (SSSR count). The molecule has 0 aromatic carbocycles. The Morgan fingerprint density at radius 1 is 1.44 bits per heavy atom. The first-order valence-electron chi connectivity index (χ1n) is 12.5. The zero-order valence-corrected chi connectivity index (χ0v) is 25.0. The molecule has 0 bridgehead atoms. The van der Waals surface area contributed by atoms with E-state index in [-0.39, 0.29) is 42.8 Å². The van der Waals surface area contributed by atoms with Crippen LogP contribution in [0.15, 0.2) is 11.1 Å². The molecule has 2 saturated heterocycles. The fraction of sp³-hybridized carbons (Fsp3) is 0.682. The number of aromatic nitrogens is 4. The number of amides is 1. The van der Waals surface area contributed by atoms with E-state index in [1.807, 2.05) is 0 Å². The van der Waals surface area contributed by atoms with Gasteiger partial charge in [0, 0.05) is 12.0 Å². The first kappa shape index (κ1) is 31.5. The van der Waals surface area contributed by atoms with Crippen LogP contribution in [0.2, 0.25) is 0 Å². The molecule has 228 valence electrons. The minimum absolute atomic E-state index is 0.0466. The zero-order chi connectivity index (χ0) is 30.3. The summed E-state index contributed by atoms with van der Waals surface area (Å²) in [7, 11) is -4.40. The highest BCUT2D eigenvalue weighted by Gasteiger charge is 2.58. The van der Waals surface area contributed by atoms with Gasteiger partial charge in [0.2, 0.25) is 16.4 Å². The number of hydrogen-bond acceptors (Lipinski definition) is 13. The number of fused-ring (bicyclic) bond motifs is 1. The first-order valence-corrected chi connectivity index (χ1v) is 14.8. The van der Waals surface area contributed by atoms with Crippen LogP contribution in [0.25, 0.3) is 11.2 Å². The summed E-state index contributed by atoms with van der Waals surface area (Å²) in [6.45, 7) is 5.76. The Balaban J connectivity index is 1.42. The standard InChI is InChI=1S/C22H31BrFN6O10P/c1-10(2)38-12(31)5-6-26-18(34)15-21(3,4)8-37-41(35,40-15)36-7-11-14(32)22(23,24)19(39-11)30-9-27-13-16(30)28-20(25)29-17(13)33/h9-11,14-15,19,32H,5-8H2,1-4H3,(H,26,34)(H3,25,28,29,33)/t11-,14?,15+,19-,22?,41?/m1/s1. The van der Waals surface area contributed by atoms with Crippen LogP contribution in [-0.4, -0.2) is 85.3 Å². The molecule has 16 nitrogen and oxygen atoms in total. The monoisotopic (exact) mass is 668 g/mol. The number of esters is 1. The van der Waals surface area contributed by atoms with Gasteiger partial charge in [0.25, 0.3) is 5.56 Å². The topological polar surface area (TPSA) is 219 Å². The maximum Gasteiger partial charge on any atom is 0.475 e. The summed E-state index contributed by atoms with van der Waals surface area (Å²) in [5, 5.41) is 13.2. The van der Waals surface area contributed by atoms with Crippen molar-refractivity contribution in [2.24, 2.45) is 5.41 Å². The third-order valence-electron chi connectivity index (χ3n) is 6.25. The molecule has 2 fully saturated rings. The van der Waals surface area contributed by atoms with E-state index in [1.54, 1.807) is 27.7 Å². The number of phosphoric acid groups is 1. The normalized spacial score (nSPS) is 31.4. The smallest absolute Gasteiger partial charge is 0.463 e. The van der Waals surface area contributed by atoms with Gasteiger partial charge in [-0.25, -0.2) is 13.9 Å². The van der Waals surface area contributed by atoms with Crippen molar-refractivity contribution in [3.8, 4) is 0 Å². The van der Waals surface area contributed by atoms with Gasteiger partial charge in [0.15, 0.2) is 23.5 Å². The van der Waals surface area contributed by atoms with Crippen LogP contribution >= 0.6 is 23.8 Å². The second-order valence-electron chi connectivity index (χ2n) is 10.5. The van der Waals surface area contributed by atoms with Gasteiger partial charge in [-0.1, -0.05) is 13.8 Å². The Hall–Kier alpha value is -2.47. The van der Waals surface area contributed by atoms with Gasteiger partial charge in [0.1, 0.15) is 12.2 Å². The number of carbonyl (C=O) groups excluding carboxylic acids is 2. The molecule has 0 spiro atoms. The maximum absolute atomic E-state index is 15.7. The predicted octanol–water partition coefficient (Wildman–Crippen LogP) is 1.05. The van der Waals surface area contributed by atoms with Gasteiger partial charge in [-0.3, -0.25) is 37.5 Å². The lowest BCUT2D eigenvalue weighted by Crippen LogP contribution is -2.50. The molecule has 2 aliphatic rings. The van der Waals surface area contributed by atoms with Crippen molar-refractivity contribution in [2.45, 2.75) is 69.3 Å². The summed E-state index contributed by atoms with van der Waals surface area (Å²) in [6, 6.07) is 0. The number of imidazole rings is 1. The summed E-state index contributed by atoms with van der Waals surface area (Å²) in [5.74, 6) is -1.41. The van der Waals surface area contributed by atoms with Gasteiger partial charge in [-0.05, 0) is 29.8 Å². The molecule has 19 heteroatoms. The molecular formula is C22H31BrFN6O10P. The molecule has 41 heavy (non-hydrogen) atoms. The van der Waals surface area contributed by atoms with E-state index in [2.05, 4.69) is 36.2 Å². The Morgan fingerprint density at radius 2 is 2.15 bits per heavy atom. The molecule has 1 amide bonds. The molecule has 4 heterocycles. The number of phosphoric ester groups is 1. The number of aromatic amines is 1. The third-order valence-corrected chi connectivity index (χ3v) is 8.49. The van der Waals surface area contributed by atoms with Crippen LogP contribution in [0.5, 0.6) is 0 Å². The summed E-state index contributed by atoms with van der Waals surface area (Å²) in [6.07, 6.45) is -5.49. The number of H-pyrrole nitrogens is 1. The average molecular weight is 669 g/mol. The number of hydrogen-bond donors (Lipinski definition) is 4. The quantitative estimate of drug-likeness (QED) is 0.167. The lowest BCUT2D eigenvalue weighted by molar-refractivity contribution is -0.147. The molecule has 6 atom stereocenters. The van der Waals surface area contributed by atoms with E-state index in [1.165, 1.54) is 0 Å². The van der Waals surface area contributed by atoms with E-state index in [0.717, 1.165) is 10.9 Å². The SMILES string of the molecule is CC(C)OC(=O)CCNC(=O)[C@@H]1OP(=O)(OC[C@H]2O[C@@H](n3cnc4c(=O)[nH]c(N)nc43)C(F)(Br)C2O)OCC1(C)C. The second-order valence-corrected chi connectivity index (χ2v) is 13.3. The number of nitrogens with two attached hydrogens (primary N) is 1. The molecule has 5 N–H and O–H groups in total. The Bertz CT molecular complexity index is 1420. The Kier molecular flexibility index (Phi) is 8.95. The van der Waals surface area contributed by atoms with E-state index < -0.39 is 66.4 Å². The van der Waals surface area contributed by atoms with Gasteiger partial charge >= 0.3 is 13.8 Å². The molecule has 0 radical (unpaired) electrons. The number of ether oxygens (including phenoxy) is 2. The van der Waals surface area contributed by atoms with Crippen LogP contribution in [0, 0.1) is 5.41 Å². The summed E-state index contributed by atoms with van der Waals surface area (Å²) in [5.41, 5.74) is 3.75. The summed E-state index contributed by atoms with van der Waals surface area (Å²) < 4.78 is 54.2. The van der Waals surface area contributed by atoms with Crippen molar-refractivity contribution >= 4 is 52.7 Å². The minimum Gasteiger partial charge on any atom is -0.463 e. The molecular weight excluding hydrogens is 638 g/mol. The number of halogens is 2. The fourth-order valence-electron chi connectivity index (χ4n) is 4.18. The van der Waals surface area contributed by atoms with Crippen LogP contribution in [0.1, 0.15) is 40.3 Å². The maximum atomic E-state index is 15.7. The lowest BCUT2D eigenvalue weighted by Gasteiger charge is -2.39. The van der Waals surface area contributed by atoms with E-state index in [9.17, 15) is 24.1 Å². The summed E-state index contributed by atoms with van der Waals surface area (Å²) >= 11 is 2.82. The number of aliphatic hydroxyl groups is 1. The van der Waals surface area contributed by atoms with E-state index in [0.29, 0.717) is 0 Å². The zero-order valence-electron chi connectivity index (χ0n) is 22.5. The van der Waals surface area contributed by atoms with Crippen LogP contribution in [0.4, 0.5) is 10.3 Å². The third kappa shape index (κ3) is 6.63. The molecule has 2 aromatic heterocycles. The summed E-state index contributed by atoms with van der Waals surface area (Å²) in [4.78, 5) is 46.8. The van der Waals surface area contributed by atoms with Gasteiger partial charge < -0.3 is 25.6 Å². The minimum atomic E-state index is -4.40. The number of alkyl halides is 2. The number of aliphatic hydroxyl groups excluding tert-OH is 1. The van der Waals surface area contributed by atoms with Crippen molar-refractivity contribution in [3.63, 3.8) is 0 Å². The highest BCUT2D eigenvalue weighted by molar-refractivity contribution is 9.10. The molecule has 2 aromatic rings. The van der Waals surface area contributed by atoms with E-state index >= 15 is 4.39 Å². The van der Waals surface area contributed by atoms with Crippen molar-refractivity contribution in [1.82, 2.24) is 24.8 Å². The fourth-order valence-corrected chi connectivity index (χ4v) is 6.46. The largest absolute Gasteiger partial charge is 0.475 e. The first-order chi connectivity index (χ1) is 19.0. The van der Waals surface area contributed by atoms with Crippen molar-refractivity contribution in [1.29, 1.82) is 0 Å². The van der Waals surface area contributed by atoms with Gasteiger partial charge in [0.05, 0.1) is 32.1 Å².